The number of hydrogen-bond donors (Lipinski definition) is 2. The first-order valence-corrected chi connectivity index (χ1v) is 7.89. The number of hydrogen-bond acceptors (Lipinski definition) is 3. The van der Waals surface area contributed by atoms with Gasteiger partial charge in [-0.1, -0.05) is 0 Å². The molecule has 5 nitrogen and oxygen atoms in total. The molecule has 0 saturated carbocycles. The third kappa shape index (κ3) is 4.60. The molecule has 0 radical (unpaired) electrons. The highest BCUT2D eigenvalue weighted by molar-refractivity contribution is 7.11. The van der Waals surface area contributed by atoms with Gasteiger partial charge in [-0.3, -0.25) is 4.99 Å². The van der Waals surface area contributed by atoms with Crippen molar-refractivity contribution in [2.75, 3.05) is 7.05 Å². The normalized spacial score (nSPS) is 13.2. The number of aryl methyl sites for hydroxylation is 2. The van der Waals surface area contributed by atoms with E-state index in [4.69, 9.17) is 0 Å². The summed E-state index contributed by atoms with van der Waals surface area (Å²) < 4.78 is 2.00. The van der Waals surface area contributed by atoms with Crippen LogP contribution in [0.5, 0.6) is 0 Å². The summed E-state index contributed by atoms with van der Waals surface area (Å²) in [5.74, 6) is 1.79. The van der Waals surface area contributed by atoms with Crippen molar-refractivity contribution in [1.29, 1.82) is 0 Å². The Morgan fingerprint density at radius 2 is 2.29 bits per heavy atom. The maximum Gasteiger partial charge on any atom is 0.191 e. The van der Waals surface area contributed by atoms with Crippen LogP contribution in [-0.4, -0.2) is 28.6 Å². The number of nitrogens with one attached hydrogen (secondary N) is 2. The maximum atomic E-state index is 4.29. The van der Waals surface area contributed by atoms with Crippen LogP contribution in [0.2, 0.25) is 0 Å². The SMILES string of the molecule is CN=C(NCc1nccn1C)NC(C)Cc1ccc(C)s1. The summed E-state index contributed by atoms with van der Waals surface area (Å²) in [5.41, 5.74) is 0. The molecule has 2 N–H and O–H groups in total. The van der Waals surface area contributed by atoms with Crippen molar-refractivity contribution in [2.24, 2.45) is 12.0 Å². The zero-order valence-electron chi connectivity index (χ0n) is 13.1. The molecule has 0 aliphatic heterocycles. The summed E-state index contributed by atoms with van der Waals surface area (Å²) in [7, 11) is 3.78. The van der Waals surface area contributed by atoms with Crippen LogP contribution in [0.1, 0.15) is 22.5 Å². The van der Waals surface area contributed by atoms with Gasteiger partial charge in [-0.15, -0.1) is 11.3 Å². The molecule has 0 spiro atoms. The Hall–Kier alpha value is -1.82. The fourth-order valence-electron chi connectivity index (χ4n) is 2.11. The standard InChI is InChI=1S/C15H23N5S/c1-11(9-13-6-5-12(2)21-13)19-15(16-3)18-10-14-17-7-8-20(14)4/h5-8,11H,9-10H2,1-4H3,(H2,16,18,19). The minimum absolute atomic E-state index is 0.329. The average molecular weight is 305 g/mol. The Morgan fingerprint density at radius 1 is 1.48 bits per heavy atom. The van der Waals surface area contributed by atoms with E-state index in [0.29, 0.717) is 12.6 Å². The molecular weight excluding hydrogens is 282 g/mol. The Bertz CT molecular complexity index is 599. The smallest absolute Gasteiger partial charge is 0.191 e. The van der Waals surface area contributed by atoms with E-state index in [1.807, 2.05) is 29.1 Å². The topological polar surface area (TPSA) is 54.2 Å². The summed E-state index contributed by atoms with van der Waals surface area (Å²) in [4.78, 5) is 11.3. The number of nitrogens with zero attached hydrogens (tertiary/aromatic N) is 3. The first-order valence-electron chi connectivity index (χ1n) is 7.07. The molecule has 0 amide bonds. The van der Waals surface area contributed by atoms with Gasteiger partial charge in [0.15, 0.2) is 5.96 Å². The van der Waals surface area contributed by atoms with E-state index in [2.05, 4.69) is 46.6 Å². The van der Waals surface area contributed by atoms with E-state index in [1.165, 1.54) is 9.75 Å². The Kier molecular flexibility index (Phi) is 5.38. The quantitative estimate of drug-likeness (QED) is 0.657. The molecular formula is C15H23N5S. The Morgan fingerprint density at radius 3 is 2.86 bits per heavy atom. The minimum Gasteiger partial charge on any atom is -0.354 e. The second-order valence-corrected chi connectivity index (χ2v) is 6.51. The summed E-state index contributed by atoms with van der Waals surface area (Å²) in [6.45, 7) is 4.97. The maximum absolute atomic E-state index is 4.29. The van der Waals surface area contributed by atoms with Crippen LogP contribution >= 0.6 is 11.3 Å². The van der Waals surface area contributed by atoms with Crippen molar-refractivity contribution in [3.63, 3.8) is 0 Å². The Balaban J connectivity index is 1.83. The number of rotatable bonds is 5. The molecule has 2 aromatic rings. The van der Waals surface area contributed by atoms with Gasteiger partial charge in [0.05, 0.1) is 6.54 Å². The molecule has 0 saturated heterocycles. The highest BCUT2D eigenvalue weighted by atomic mass is 32.1. The largest absolute Gasteiger partial charge is 0.354 e. The van der Waals surface area contributed by atoms with Crippen LogP contribution in [0.4, 0.5) is 0 Å². The summed E-state index contributed by atoms with van der Waals surface area (Å²) in [5, 5.41) is 6.71. The van der Waals surface area contributed by atoms with Gasteiger partial charge in [-0.25, -0.2) is 4.98 Å². The van der Waals surface area contributed by atoms with E-state index < -0.39 is 0 Å². The monoisotopic (exact) mass is 305 g/mol. The molecule has 0 aliphatic carbocycles. The highest BCUT2D eigenvalue weighted by Crippen LogP contribution is 2.16. The van der Waals surface area contributed by atoms with Crippen molar-refractivity contribution in [2.45, 2.75) is 32.9 Å². The fraction of sp³-hybridized carbons (Fsp3) is 0.467. The molecule has 1 atom stereocenters. The molecule has 6 heteroatoms. The lowest BCUT2D eigenvalue weighted by Gasteiger charge is -2.17. The van der Waals surface area contributed by atoms with Crippen LogP contribution in [0.3, 0.4) is 0 Å². The van der Waals surface area contributed by atoms with Crippen LogP contribution < -0.4 is 10.6 Å². The average Bonchev–Trinajstić information content (AvgIpc) is 3.03. The predicted octanol–water partition coefficient (Wildman–Crippen LogP) is 2.09. The zero-order valence-corrected chi connectivity index (χ0v) is 13.9. The second-order valence-electron chi connectivity index (χ2n) is 5.14. The van der Waals surface area contributed by atoms with Crippen molar-refractivity contribution in [1.82, 2.24) is 20.2 Å². The highest BCUT2D eigenvalue weighted by Gasteiger charge is 2.08. The van der Waals surface area contributed by atoms with Crippen molar-refractivity contribution >= 4 is 17.3 Å². The van der Waals surface area contributed by atoms with Crippen LogP contribution in [0, 0.1) is 6.92 Å². The third-order valence-electron chi connectivity index (χ3n) is 3.25. The van der Waals surface area contributed by atoms with Gasteiger partial charge >= 0.3 is 0 Å². The lowest BCUT2D eigenvalue weighted by Crippen LogP contribution is -2.42. The van der Waals surface area contributed by atoms with E-state index in [1.54, 1.807) is 13.2 Å². The molecule has 0 aromatic carbocycles. The number of aliphatic imine (C=N–C) groups is 1. The fourth-order valence-corrected chi connectivity index (χ4v) is 3.12. The van der Waals surface area contributed by atoms with E-state index in [-0.39, 0.29) is 0 Å². The number of thiophene rings is 1. The lowest BCUT2D eigenvalue weighted by atomic mass is 10.2. The van der Waals surface area contributed by atoms with Gasteiger partial charge < -0.3 is 15.2 Å². The van der Waals surface area contributed by atoms with Crippen LogP contribution in [0.15, 0.2) is 29.5 Å². The molecule has 0 bridgehead atoms. The summed E-state index contributed by atoms with van der Waals surface area (Å²) in [6.07, 6.45) is 4.74. The molecule has 2 rings (SSSR count). The molecule has 2 aromatic heterocycles. The van der Waals surface area contributed by atoms with Crippen molar-refractivity contribution in [3.8, 4) is 0 Å². The van der Waals surface area contributed by atoms with Gasteiger partial charge in [0.25, 0.3) is 0 Å². The number of aromatic nitrogens is 2. The second kappa shape index (κ2) is 7.26. The molecule has 114 valence electrons. The molecule has 0 fully saturated rings. The summed E-state index contributed by atoms with van der Waals surface area (Å²) in [6, 6.07) is 4.69. The van der Waals surface area contributed by atoms with Crippen LogP contribution in [0.25, 0.3) is 0 Å². The van der Waals surface area contributed by atoms with E-state index >= 15 is 0 Å². The van der Waals surface area contributed by atoms with Gasteiger partial charge in [-0.2, -0.15) is 0 Å². The van der Waals surface area contributed by atoms with Gasteiger partial charge in [-0.05, 0) is 26.0 Å². The first kappa shape index (κ1) is 15.6. The Labute approximate surface area is 130 Å². The van der Waals surface area contributed by atoms with Crippen LogP contribution in [-0.2, 0) is 20.0 Å². The predicted molar refractivity (Wildman–Crippen MR) is 88.8 cm³/mol. The van der Waals surface area contributed by atoms with E-state index in [0.717, 1.165) is 18.2 Å². The van der Waals surface area contributed by atoms with Gasteiger partial charge in [0.1, 0.15) is 5.82 Å². The van der Waals surface area contributed by atoms with Gasteiger partial charge in [0, 0.05) is 48.7 Å². The lowest BCUT2D eigenvalue weighted by molar-refractivity contribution is 0.637. The number of guanidine groups is 1. The molecule has 2 heterocycles. The molecule has 21 heavy (non-hydrogen) atoms. The summed E-state index contributed by atoms with van der Waals surface area (Å²) >= 11 is 1.85. The van der Waals surface area contributed by atoms with Crippen molar-refractivity contribution in [3.05, 3.63) is 40.1 Å². The van der Waals surface area contributed by atoms with Crippen molar-refractivity contribution < 1.29 is 0 Å². The molecule has 0 aliphatic rings. The zero-order chi connectivity index (χ0) is 15.2. The first-order chi connectivity index (χ1) is 10.1. The van der Waals surface area contributed by atoms with E-state index in [9.17, 15) is 0 Å². The third-order valence-corrected chi connectivity index (χ3v) is 4.27. The van der Waals surface area contributed by atoms with Gasteiger partial charge in [0.2, 0.25) is 0 Å². The molecule has 1 unspecified atom stereocenters. The minimum atomic E-state index is 0.329. The number of imidazole rings is 1.